The number of nitrogens with one attached hydrogen (secondary N) is 1. The highest BCUT2D eigenvalue weighted by Gasteiger charge is 2.53. The Morgan fingerprint density at radius 1 is 0.462 bits per heavy atom. The molecule has 0 aromatic heterocycles. The van der Waals surface area contributed by atoms with E-state index in [1.165, 1.54) is 55.6 Å². The number of amidine groups is 1. The van der Waals surface area contributed by atoms with Gasteiger partial charge in [0.2, 0.25) is 0 Å². The van der Waals surface area contributed by atoms with Gasteiger partial charge in [-0.1, -0.05) is 184 Å². The molecule has 2 aliphatic carbocycles. The molecular formula is C49H38N3-. The molecule has 7 aromatic carbocycles. The summed E-state index contributed by atoms with van der Waals surface area (Å²) in [7, 11) is 0. The number of hydrogen-bond acceptors (Lipinski definition) is 2. The smallest absolute Gasteiger partial charge is 0.126 e. The number of benzene rings is 7. The van der Waals surface area contributed by atoms with Gasteiger partial charge in [0.25, 0.3) is 0 Å². The minimum absolute atomic E-state index is 0.119. The van der Waals surface area contributed by atoms with Gasteiger partial charge in [0, 0.05) is 11.0 Å². The van der Waals surface area contributed by atoms with Crippen molar-refractivity contribution in [3.8, 4) is 22.3 Å². The van der Waals surface area contributed by atoms with Gasteiger partial charge in [-0.15, -0.1) is 0 Å². The zero-order valence-corrected chi connectivity index (χ0v) is 29.3. The summed E-state index contributed by atoms with van der Waals surface area (Å²) < 4.78 is 0. The Bertz CT molecular complexity index is 2450. The molecule has 1 aliphatic heterocycles. The molecule has 0 saturated heterocycles. The normalized spacial score (nSPS) is 18.7. The maximum atomic E-state index is 5.18. The minimum atomic E-state index is -0.408. The number of hydrogen-bond donors (Lipinski definition) is 1. The van der Waals surface area contributed by atoms with E-state index in [9.17, 15) is 0 Å². The van der Waals surface area contributed by atoms with E-state index in [2.05, 4.69) is 183 Å². The Hall–Kier alpha value is -6.03. The molecule has 3 aliphatic rings. The molecule has 0 fully saturated rings. The molecule has 250 valence electrons. The molecule has 3 nitrogen and oxygen atoms in total. The Morgan fingerprint density at radius 2 is 1.00 bits per heavy atom. The van der Waals surface area contributed by atoms with Crippen LogP contribution in [0.25, 0.3) is 27.6 Å². The molecule has 10 rings (SSSR count). The Labute approximate surface area is 305 Å². The third kappa shape index (κ3) is 4.52. The first-order valence-corrected chi connectivity index (χ1v) is 18.2. The molecular weight excluding hydrogens is 631 g/mol. The van der Waals surface area contributed by atoms with Crippen molar-refractivity contribution in [2.75, 3.05) is 0 Å². The van der Waals surface area contributed by atoms with Crippen molar-refractivity contribution < 1.29 is 0 Å². The second-order valence-corrected chi connectivity index (χ2v) is 14.7. The summed E-state index contributed by atoms with van der Waals surface area (Å²) in [5.41, 5.74) is 16.0. The van der Waals surface area contributed by atoms with Gasteiger partial charge in [0.15, 0.2) is 0 Å². The monoisotopic (exact) mass is 668 g/mol. The Morgan fingerprint density at radius 3 is 1.67 bits per heavy atom. The molecule has 0 bridgehead atoms. The topological polar surface area (TPSA) is 38.5 Å². The van der Waals surface area contributed by atoms with Crippen LogP contribution in [0.2, 0.25) is 0 Å². The standard InChI is InChI=1S/C49H38N3/c1-48(2)40-21-11-13-23-42(40)49(43-24-14-12-22-41(43)48)39-20-10-9-19-37(39)38-30-29-36(31-44(38)49)32-25-27-35(28-26-32)47-51-45(33-15-5-3-6-16-33)50-46(52-47)34-17-7-4-8-18-34/h3-31,45,47H,1-2H3,(H,50,52)/q-1. The van der Waals surface area contributed by atoms with Gasteiger partial charge < -0.3 is 10.6 Å². The van der Waals surface area contributed by atoms with Crippen LogP contribution in [-0.2, 0) is 10.8 Å². The van der Waals surface area contributed by atoms with Gasteiger partial charge in [-0.2, -0.15) is 0 Å². The zero-order valence-electron chi connectivity index (χ0n) is 29.3. The van der Waals surface area contributed by atoms with Crippen LogP contribution in [0.4, 0.5) is 0 Å². The minimum Gasteiger partial charge on any atom is -0.613 e. The van der Waals surface area contributed by atoms with Crippen molar-refractivity contribution in [1.82, 2.24) is 5.32 Å². The van der Waals surface area contributed by atoms with E-state index in [-0.39, 0.29) is 17.7 Å². The summed E-state index contributed by atoms with van der Waals surface area (Å²) in [5, 5.41) is 8.82. The van der Waals surface area contributed by atoms with Gasteiger partial charge in [-0.3, -0.25) is 4.99 Å². The van der Waals surface area contributed by atoms with Crippen LogP contribution >= 0.6 is 0 Å². The van der Waals surface area contributed by atoms with Gasteiger partial charge in [0.05, 0.1) is 5.41 Å². The predicted octanol–water partition coefficient (Wildman–Crippen LogP) is 11.5. The maximum Gasteiger partial charge on any atom is 0.126 e. The van der Waals surface area contributed by atoms with E-state index >= 15 is 0 Å². The van der Waals surface area contributed by atoms with E-state index in [4.69, 9.17) is 10.3 Å². The number of fused-ring (bicyclic) bond motifs is 9. The van der Waals surface area contributed by atoms with Gasteiger partial charge in [0.1, 0.15) is 5.84 Å². The van der Waals surface area contributed by atoms with Crippen molar-refractivity contribution >= 4 is 5.84 Å². The van der Waals surface area contributed by atoms with Gasteiger partial charge >= 0.3 is 0 Å². The lowest BCUT2D eigenvalue weighted by atomic mass is 9.55. The summed E-state index contributed by atoms with van der Waals surface area (Å²) in [6.07, 6.45) is -0.522. The first-order valence-electron chi connectivity index (χ1n) is 18.2. The molecule has 3 heteroatoms. The number of nitrogens with zero attached hydrogens (tertiary/aromatic N) is 2. The fourth-order valence-electron chi connectivity index (χ4n) is 9.11. The summed E-state index contributed by atoms with van der Waals surface area (Å²) in [6, 6.07) is 64.1. The lowest BCUT2D eigenvalue weighted by Gasteiger charge is -2.46. The van der Waals surface area contributed by atoms with Crippen molar-refractivity contribution in [1.29, 1.82) is 0 Å². The molecule has 2 atom stereocenters. The van der Waals surface area contributed by atoms with Crippen molar-refractivity contribution in [3.63, 3.8) is 0 Å². The average molecular weight is 669 g/mol. The molecule has 1 N–H and O–H groups in total. The lowest BCUT2D eigenvalue weighted by Crippen LogP contribution is -2.40. The van der Waals surface area contributed by atoms with Gasteiger partial charge in [-0.05, 0) is 85.2 Å². The zero-order chi connectivity index (χ0) is 34.9. The van der Waals surface area contributed by atoms with Crippen LogP contribution in [0.15, 0.2) is 181 Å². The molecule has 1 heterocycles. The molecule has 52 heavy (non-hydrogen) atoms. The summed E-state index contributed by atoms with van der Waals surface area (Å²) in [6.45, 7) is 4.75. The van der Waals surface area contributed by atoms with Crippen LogP contribution in [0.1, 0.15) is 76.3 Å². The van der Waals surface area contributed by atoms with Crippen LogP contribution in [-0.4, -0.2) is 5.84 Å². The van der Waals surface area contributed by atoms with Crippen molar-refractivity contribution in [2.45, 2.75) is 37.0 Å². The molecule has 7 aromatic rings. The molecule has 0 amide bonds. The maximum absolute atomic E-state index is 5.18. The van der Waals surface area contributed by atoms with Gasteiger partial charge in [-0.25, -0.2) is 0 Å². The molecule has 1 spiro atoms. The quantitative estimate of drug-likeness (QED) is 0.199. The highest BCUT2D eigenvalue weighted by atomic mass is 15.3. The van der Waals surface area contributed by atoms with Crippen LogP contribution < -0.4 is 5.32 Å². The second-order valence-electron chi connectivity index (χ2n) is 14.7. The number of rotatable bonds is 4. The molecule has 2 unspecified atom stereocenters. The second kappa shape index (κ2) is 11.8. The highest BCUT2D eigenvalue weighted by Crippen LogP contribution is 2.62. The largest absolute Gasteiger partial charge is 0.613 e. The lowest BCUT2D eigenvalue weighted by molar-refractivity contribution is 0.563. The van der Waals surface area contributed by atoms with Crippen molar-refractivity contribution in [2.24, 2.45) is 4.99 Å². The summed E-state index contributed by atoms with van der Waals surface area (Å²) in [5.74, 6) is 0.859. The van der Waals surface area contributed by atoms with E-state index in [1.807, 2.05) is 12.1 Å². The van der Waals surface area contributed by atoms with Crippen LogP contribution in [0.5, 0.6) is 0 Å². The predicted molar refractivity (Wildman–Crippen MR) is 213 cm³/mol. The van der Waals surface area contributed by atoms with Crippen LogP contribution in [0, 0.1) is 0 Å². The summed E-state index contributed by atoms with van der Waals surface area (Å²) >= 11 is 0. The first kappa shape index (κ1) is 30.8. The van der Waals surface area contributed by atoms with E-state index in [0.717, 1.165) is 22.5 Å². The SMILES string of the molecule is CC1(C)c2ccccc2C2(c3ccccc3-c3ccc(-c4ccc(C5[N-]C(c6ccccc6)N=C(c6ccccc6)N5)cc4)cc32)c2ccccc21. The fraction of sp³-hybridized carbons (Fsp3) is 0.122. The fourth-order valence-corrected chi connectivity index (χ4v) is 9.11. The summed E-state index contributed by atoms with van der Waals surface area (Å²) in [4.78, 5) is 5.03. The molecule has 0 saturated carbocycles. The van der Waals surface area contributed by atoms with E-state index in [0.29, 0.717) is 0 Å². The van der Waals surface area contributed by atoms with Crippen molar-refractivity contribution in [3.05, 3.63) is 231 Å². The van der Waals surface area contributed by atoms with E-state index in [1.54, 1.807) is 0 Å². The third-order valence-electron chi connectivity index (χ3n) is 11.6. The Kier molecular flexibility index (Phi) is 6.96. The number of aliphatic imine (C=N–C) groups is 1. The highest BCUT2D eigenvalue weighted by molar-refractivity contribution is 6.00. The third-order valence-corrected chi connectivity index (χ3v) is 11.6. The first-order chi connectivity index (χ1) is 25.5. The average Bonchev–Trinajstić information content (AvgIpc) is 3.51. The van der Waals surface area contributed by atoms with Crippen LogP contribution in [0.3, 0.4) is 0 Å². The van der Waals surface area contributed by atoms with E-state index < -0.39 is 5.41 Å². The Balaban J connectivity index is 1.07. The molecule has 0 radical (unpaired) electrons.